The third-order valence-electron chi connectivity index (χ3n) is 4.76. The predicted octanol–water partition coefficient (Wildman–Crippen LogP) is 3.83. The van der Waals surface area contributed by atoms with Gasteiger partial charge in [-0.1, -0.05) is 18.2 Å². The van der Waals surface area contributed by atoms with E-state index in [1.165, 1.54) is 12.5 Å². The molecule has 2 heterocycles. The Bertz CT molecular complexity index is 1130. The van der Waals surface area contributed by atoms with Gasteiger partial charge in [0, 0.05) is 25.0 Å². The Hall–Kier alpha value is -3.08. The van der Waals surface area contributed by atoms with Crippen molar-refractivity contribution in [1.82, 2.24) is 14.1 Å². The molecule has 4 rings (SSSR count). The molecule has 126 valence electrons. The second kappa shape index (κ2) is 5.48. The smallest absolute Gasteiger partial charge is 0.337 e. The minimum absolute atomic E-state index is 0.346. The van der Waals surface area contributed by atoms with Gasteiger partial charge in [0.05, 0.1) is 29.4 Å². The Balaban J connectivity index is 1.99. The number of hydrogen-bond acceptors (Lipinski definition) is 3. The van der Waals surface area contributed by atoms with Crippen molar-refractivity contribution >= 4 is 27.9 Å². The van der Waals surface area contributed by atoms with E-state index in [1.807, 2.05) is 39.2 Å². The maximum atomic E-state index is 11.9. The summed E-state index contributed by atoms with van der Waals surface area (Å²) < 4.78 is 9.07. The van der Waals surface area contributed by atoms with Crippen molar-refractivity contribution < 1.29 is 9.53 Å². The first-order valence-corrected chi connectivity index (χ1v) is 8.11. The van der Waals surface area contributed by atoms with Crippen LogP contribution in [-0.4, -0.2) is 27.2 Å². The van der Waals surface area contributed by atoms with Gasteiger partial charge in [0.25, 0.3) is 0 Å². The molecule has 0 saturated carbocycles. The highest BCUT2D eigenvalue weighted by atomic mass is 16.5. The second-order valence-corrected chi connectivity index (χ2v) is 6.29. The van der Waals surface area contributed by atoms with Crippen LogP contribution in [0.15, 0.2) is 42.5 Å². The summed E-state index contributed by atoms with van der Waals surface area (Å²) in [4.78, 5) is 16.7. The average Bonchev–Trinajstić information content (AvgIpc) is 3.12. The van der Waals surface area contributed by atoms with Crippen molar-refractivity contribution in [1.29, 1.82) is 0 Å². The van der Waals surface area contributed by atoms with E-state index < -0.39 is 0 Å². The lowest BCUT2D eigenvalue weighted by molar-refractivity contribution is 0.0601. The molecule has 2 aromatic carbocycles. The number of aromatic nitrogens is 3. The Morgan fingerprint density at radius 2 is 1.84 bits per heavy atom. The van der Waals surface area contributed by atoms with E-state index in [4.69, 9.17) is 9.72 Å². The molecule has 5 nitrogen and oxygen atoms in total. The Labute approximate surface area is 145 Å². The molecule has 0 aliphatic carbocycles. The topological polar surface area (TPSA) is 49.0 Å². The largest absolute Gasteiger partial charge is 0.465 e. The van der Waals surface area contributed by atoms with Crippen LogP contribution in [0.25, 0.3) is 33.5 Å². The molecule has 25 heavy (non-hydrogen) atoms. The van der Waals surface area contributed by atoms with E-state index in [9.17, 15) is 4.79 Å². The van der Waals surface area contributed by atoms with Crippen LogP contribution < -0.4 is 0 Å². The van der Waals surface area contributed by atoms with Crippen LogP contribution in [0.1, 0.15) is 15.9 Å². The highest BCUT2D eigenvalue weighted by molar-refractivity contribution is 5.96. The summed E-state index contributed by atoms with van der Waals surface area (Å²) in [6, 6.07) is 14.1. The molecule has 0 radical (unpaired) electrons. The quantitative estimate of drug-likeness (QED) is 0.524. The van der Waals surface area contributed by atoms with E-state index in [0.717, 1.165) is 33.6 Å². The monoisotopic (exact) mass is 333 g/mol. The van der Waals surface area contributed by atoms with Gasteiger partial charge in [0.15, 0.2) is 5.82 Å². The molecule has 0 N–H and O–H groups in total. The molecule has 0 atom stereocenters. The molecule has 2 aromatic heterocycles. The van der Waals surface area contributed by atoms with Crippen molar-refractivity contribution in [3.8, 4) is 11.5 Å². The highest BCUT2D eigenvalue weighted by Gasteiger charge is 2.18. The number of rotatable bonds is 2. The number of para-hydroxylation sites is 1. The third-order valence-corrected chi connectivity index (χ3v) is 4.76. The van der Waals surface area contributed by atoms with Crippen LogP contribution >= 0.6 is 0 Å². The second-order valence-electron chi connectivity index (χ2n) is 6.29. The summed E-state index contributed by atoms with van der Waals surface area (Å²) in [5.74, 6) is 0.528. The molecule has 0 fully saturated rings. The molecule has 0 saturated heterocycles. The first kappa shape index (κ1) is 15.4. The summed E-state index contributed by atoms with van der Waals surface area (Å²) in [7, 11) is 5.44. The number of carbonyl (C=O) groups is 1. The summed E-state index contributed by atoms with van der Waals surface area (Å²) >= 11 is 0. The maximum Gasteiger partial charge on any atom is 0.337 e. The maximum absolute atomic E-state index is 11.9. The van der Waals surface area contributed by atoms with Crippen LogP contribution in [0.2, 0.25) is 0 Å². The van der Waals surface area contributed by atoms with Gasteiger partial charge in [-0.25, -0.2) is 9.78 Å². The van der Waals surface area contributed by atoms with Gasteiger partial charge >= 0.3 is 5.97 Å². The number of esters is 1. The van der Waals surface area contributed by atoms with E-state index in [-0.39, 0.29) is 5.97 Å². The van der Waals surface area contributed by atoms with Crippen molar-refractivity contribution in [3.63, 3.8) is 0 Å². The lowest BCUT2D eigenvalue weighted by Crippen LogP contribution is -2.02. The van der Waals surface area contributed by atoms with Crippen LogP contribution in [0.3, 0.4) is 0 Å². The zero-order chi connectivity index (χ0) is 17.7. The van der Waals surface area contributed by atoms with E-state index in [1.54, 1.807) is 6.07 Å². The molecule has 0 spiro atoms. The normalized spacial score (nSPS) is 11.4. The zero-order valence-electron chi connectivity index (χ0n) is 14.7. The molecule has 0 aliphatic heterocycles. The highest BCUT2D eigenvalue weighted by Crippen LogP contribution is 2.30. The summed E-state index contributed by atoms with van der Waals surface area (Å²) in [6.07, 6.45) is 0. The number of hydrogen-bond donors (Lipinski definition) is 0. The van der Waals surface area contributed by atoms with Gasteiger partial charge in [-0.05, 0) is 36.8 Å². The molecule has 0 amide bonds. The molecule has 0 unspecified atom stereocenters. The van der Waals surface area contributed by atoms with Crippen LogP contribution in [-0.2, 0) is 18.8 Å². The number of aryl methyl sites for hydroxylation is 3. The fraction of sp³-hybridized carbons (Fsp3) is 0.200. The first-order valence-electron chi connectivity index (χ1n) is 8.11. The Kier molecular flexibility index (Phi) is 3.39. The number of fused-ring (bicyclic) bond motifs is 2. The molecule has 0 bridgehead atoms. The first-order chi connectivity index (χ1) is 12.0. The van der Waals surface area contributed by atoms with Gasteiger partial charge in [-0.15, -0.1) is 0 Å². The number of benzene rings is 2. The summed E-state index contributed by atoms with van der Waals surface area (Å²) in [5.41, 5.74) is 5.54. The van der Waals surface area contributed by atoms with Gasteiger partial charge in [0.2, 0.25) is 0 Å². The van der Waals surface area contributed by atoms with Crippen LogP contribution in [0.5, 0.6) is 0 Å². The molecule has 0 aliphatic rings. The van der Waals surface area contributed by atoms with Gasteiger partial charge in [-0.3, -0.25) is 0 Å². The minimum atomic E-state index is -0.346. The lowest BCUT2D eigenvalue weighted by atomic mass is 10.1. The van der Waals surface area contributed by atoms with Crippen molar-refractivity contribution in [3.05, 3.63) is 53.6 Å². The lowest BCUT2D eigenvalue weighted by Gasteiger charge is -2.06. The van der Waals surface area contributed by atoms with Gasteiger partial charge < -0.3 is 13.9 Å². The summed E-state index contributed by atoms with van der Waals surface area (Å²) in [6.45, 7) is 1.99. The van der Waals surface area contributed by atoms with E-state index in [2.05, 4.69) is 27.3 Å². The van der Waals surface area contributed by atoms with E-state index in [0.29, 0.717) is 5.56 Å². The number of methoxy groups -OCH3 is 1. The number of imidazole rings is 1. The minimum Gasteiger partial charge on any atom is -0.465 e. The van der Waals surface area contributed by atoms with Crippen molar-refractivity contribution in [2.75, 3.05) is 7.11 Å². The van der Waals surface area contributed by atoms with Gasteiger partial charge in [-0.2, -0.15) is 0 Å². The molecular formula is C20H19N3O2. The molecule has 5 heteroatoms. The fourth-order valence-electron chi connectivity index (χ4n) is 3.55. The number of carbonyl (C=O) groups excluding carboxylic acids is 1. The molecular weight excluding hydrogens is 314 g/mol. The SMILES string of the molecule is COC(=O)c1cc(C)c2c(c1)nc(-c1cc3ccccc3n1C)n2C. The van der Waals surface area contributed by atoms with Crippen LogP contribution in [0.4, 0.5) is 0 Å². The standard InChI is InChI=1S/C20H19N3O2/c1-12-9-14(20(24)25-4)10-15-18(12)23(3)19(21-15)17-11-13-7-5-6-8-16(13)22(17)2/h5-11H,1-4H3. The predicted molar refractivity (Wildman–Crippen MR) is 98.7 cm³/mol. The van der Waals surface area contributed by atoms with Crippen molar-refractivity contribution in [2.45, 2.75) is 6.92 Å². The Morgan fingerprint density at radius 1 is 1.08 bits per heavy atom. The fourth-order valence-corrected chi connectivity index (χ4v) is 3.55. The average molecular weight is 333 g/mol. The Morgan fingerprint density at radius 3 is 2.56 bits per heavy atom. The van der Waals surface area contributed by atoms with E-state index >= 15 is 0 Å². The van der Waals surface area contributed by atoms with Gasteiger partial charge in [0.1, 0.15) is 0 Å². The van der Waals surface area contributed by atoms with Crippen LogP contribution in [0, 0.1) is 6.92 Å². The number of ether oxygens (including phenoxy) is 1. The molecule has 4 aromatic rings. The zero-order valence-corrected chi connectivity index (χ0v) is 14.7. The summed E-state index contributed by atoms with van der Waals surface area (Å²) in [5, 5.41) is 1.18. The third kappa shape index (κ3) is 2.23. The van der Waals surface area contributed by atoms with Crippen molar-refractivity contribution in [2.24, 2.45) is 14.1 Å². The number of nitrogens with zero attached hydrogens (tertiary/aromatic N) is 3.